The predicted molar refractivity (Wildman–Crippen MR) is 179 cm³/mol. The Bertz CT molecular complexity index is 2280. The third-order valence-corrected chi connectivity index (χ3v) is 9.59. The molecule has 6 aromatic carbocycles. The van der Waals surface area contributed by atoms with E-state index in [0.29, 0.717) is 17.5 Å². The standard InChI is InChI=1S/C41H29N3/c1-41(2)34-21-9-8-17-32(34)37-35(41)23-22-27-24-33-29(36(27)37)18-11-20-31(33)40-43-38(26-13-4-3-5-14-26)42-39(44-40)30-19-10-15-25-12-6-7-16-28(25)30/h3-23H,24H2,1-2H3. The number of aromatic nitrogens is 3. The molecule has 3 nitrogen and oxygen atoms in total. The lowest BCUT2D eigenvalue weighted by molar-refractivity contribution is 0.660. The van der Waals surface area contributed by atoms with Gasteiger partial charge in [-0.3, -0.25) is 0 Å². The van der Waals surface area contributed by atoms with Gasteiger partial charge in [-0.1, -0.05) is 141 Å². The van der Waals surface area contributed by atoms with Crippen LogP contribution in [0.25, 0.3) is 67.2 Å². The van der Waals surface area contributed by atoms with Crippen LogP contribution in [0.4, 0.5) is 0 Å². The van der Waals surface area contributed by atoms with Crippen LogP contribution in [0.5, 0.6) is 0 Å². The van der Waals surface area contributed by atoms with Crippen LogP contribution in [0.2, 0.25) is 0 Å². The largest absolute Gasteiger partial charge is 0.208 e. The van der Waals surface area contributed by atoms with E-state index >= 15 is 0 Å². The molecule has 2 aliphatic rings. The van der Waals surface area contributed by atoms with E-state index < -0.39 is 0 Å². The van der Waals surface area contributed by atoms with E-state index in [2.05, 4.69) is 123 Å². The van der Waals surface area contributed by atoms with Crippen LogP contribution < -0.4 is 0 Å². The Balaban J connectivity index is 1.28. The minimum absolute atomic E-state index is 0.0343. The number of hydrogen-bond donors (Lipinski definition) is 0. The van der Waals surface area contributed by atoms with Gasteiger partial charge in [0, 0.05) is 22.1 Å². The highest BCUT2D eigenvalue weighted by atomic mass is 15.0. The quantitative estimate of drug-likeness (QED) is 0.215. The maximum Gasteiger partial charge on any atom is 0.164 e. The number of nitrogens with zero attached hydrogens (tertiary/aromatic N) is 3. The van der Waals surface area contributed by atoms with E-state index in [1.54, 1.807) is 0 Å². The van der Waals surface area contributed by atoms with Gasteiger partial charge in [0.2, 0.25) is 0 Å². The van der Waals surface area contributed by atoms with E-state index in [9.17, 15) is 0 Å². The zero-order valence-corrected chi connectivity index (χ0v) is 24.7. The third kappa shape index (κ3) is 3.59. The SMILES string of the molecule is CC1(C)c2ccccc2-c2c1ccc1c2-c2cccc(-c3nc(-c4ccccc4)nc(-c4cccc5ccccc45)n3)c2C1. The van der Waals surface area contributed by atoms with Crippen LogP contribution in [0.15, 0.2) is 127 Å². The molecule has 0 atom stereocenters. The van der Waals surface area contributed by atoms with Crippen molar-refractivity contribution in [2.75, 3.05) is 0 Å². The van der Waals surface area contributed by atoms with Crippen molar-refractivity contribution >= 4 is 10.8 Å². The summed E-state index contributed by atoms with van der Waals surface area (Å²) in [6, 6.07) is 45.2. The average molecular weight is 564 g/mol. The first-order valence-corrected chi connectivity index (χ1v) is 15.3. The van der Waals surface area contributed by atoms with Gasteiger partial charge in [0.1, 0.15) is 0 Å². The summed E-state index contributed by atoms with van der Waals surface area (Å²) in [5.41, 5.74) is 13.9. The Labute approximate surface area is 257 Å². The summed E-state index contributed by atoms with van der Waals surface area (Å²) in [7, 11) is 0. The molecular formula is C41H29N3. The van der Waals surface area contributed by atoms with Gasteiger partial charge in [0.05, 0.1) is 0 Å². The minimum atomic E-state index is -0.0343. The molecule has 44 heavy (non-hydrogen) atoms. The first-order chi connectivity index (χ1) is 21.6. The molecule has 1 heterocycles. The zero-order valence-electron chi connectivity index (χ0n) is 24.7. The molecule has 0 radical (unpaired) electrons. The maximum absolute atomic E-state index is 5.20. The normalized spacial score (nSPS) is 13.8. The second kappa shape index (κ2) is 9.29. The average Bonchev–Trinajstić information content (AvgIpc) is 3.57. The molecule has 0 amide bonds. The van der Waals surface area contributed by atoms with Gasteiger partial charge < -0.3 is 0 Å². The smallest absolute Gasteiger partial charge is 0.164 e. The van der Waals surface area contributed by atoms with Crippen LogP contribution in [0.3, 0.4) is 0 Å². The predicted octanol–water partition coefficient (Wildman–Crippen LogP) is 9.90. The summed E-state index contributed by atoms with van der Waals surface area (Å²) in [5, 5.41) is 2.30. The Kier molecular flexibility index (Phi) is 5.31. The Morgan fingerprint density at radius 1 is 0.477 bits per heavy atom. The highest BCUT2D eigenvalue weighted by molar-refractivity contribution is 5.99. The second-order valence-corrected chi connectivity index (χ2v) is 12.4. The third-order valence-electron chi connectivity index (χ3n) is 9.59. The van der Waals surface area contributed by atoms with Crippen LogP contribution in [-0.2, 0) is 11.8 Å². The van der Waals surface area contributed by atoms with Crippen LogP contribution in [-0.4, -0.2) is 15.0 Å². The van der Waals surface area contributed by atoms with Gasteiger partial charge in [-0.05, 0) is 61.7 Å². The van der Waals surface area contributed by atoms with Crippen molar-refractivity contribution in [3.63, 3.8) is 0 Å². The first-order valence-electron chi connectivity index (χ1n) is 15.3. The highest BCUT2D eigenvalue weighted by Crippen LogP contribution is 2.55. The fraction of sp³-hybridized carbons (Fsp3) is 0.0976. The molecule has 0 bridgehead atoms. The number of fused-ring (bicyclic) bond motifs is 8. The highest BCUT2D eigenvalue weighted by Gasteiger charge is 2.39. The summed E-state index contributed by atoms with van der Waals surface area (Å²) in [6.45, 7) is 4.70. The molecule has 0 spiro atoms. The molecule has 1 aromatic heterocycles. The molecule has 0 fully saturated rings. The van der Waals surface area contributed by atoms with E-state index in [4.69, 9.17) is 15.0 Å². The van der Waals surface area contributed by atoms with Crippen molar-refractivity contribution in [3.8, 4) is 56.4 Å². The summed E-state index contributed by atoms with van der Waals surface area (Å²) in [4.78, 5) is 15.4. The molecule has 3 heteroatoms. The molecule has 208 valence electrons. The lowest BCUT2D eigenvalue weighted by Crippen LogP contribution is -2.14. The van der Waals surface area contributed by atoms with Gasteiger partial charge in [0.15, 0.2) is 17.5 Å². The molecule has 0 saturated heterocycles. The van der Waals surface area contributed by atoms with Gasteiger partial charge in [0.25, 0.3) is 0 Å². The summed E-state index contributed by atoms with van der Waals surface area (Å²) >= 11 is 0. The van der Waals surface area contributed by atoms with Crippen LogP contribution in [0, 0.1) is 0 Å². The van der Waals surface area contributed by atoms with Gasteiger partial charge >= 0.3 is 0 Å². The van der Waals surface area contributed by atoms with Gasteiger partial charge in [-0.25, -0.2) is 15.0 Å². The molecule has 9 rings (SSSR count). The molecule has 2 aliphatic carbocycles. The maximum atomic E-state index is 5.20. The lowest BCUT2D eigenvalue weighted by atomic mass is 9.82. The monoisotopic (exact) mass is 563 g/mol. The van der Waals surface area contributed by atoms with E-state index in [1.165, 1.54) is 49.9 Å². The molecular weight excluding hydrogens is 534 g/mol. The van der Waals surface area contributed by atoms with Crippen molar-refractivity contribution < 1.29 is 0 Å². The van der Waals surface area contributed by atoms with Crippen LogP contribution in [0.1, 0.15) is 36.1 Å². The molecule has 0 unspecified atom stereocenters. The minimum Gasteiger partial charge on any atom is -0.208 e. The number of rotatable bonds is 3. The number of hydrogen-bond acceptors (Lipinski definition) is 3. The lowest BCUT2D eigenvalue weighted by Gasteiger charge is -2.21. The van der Waals surface area contributed by atoms with E-state index in [-0.39, 0.29) is 5.41 Å². The molecule has 0 saturated carbocycles. The Morgan fingerprint density at radius 2 is 1.11 bits per heavy atom. The second-order valence-electron chi connectivity index (χ2n) is 12.4. The zero-order chi connectivity index (χ0) is 29.4. The molecule has 0 N–H and O–H groups in total. The van der Waals surface area contributed by atoms with Crippen molar-refractivity contribution in [2.45, 2.75) is 25.7 Å². The first kappa shape index (κ1) is 25.1. The Morgan fingerprint density at radius 3 is 2.00 bits per heavy atom. The van der Waals surface area contributed by atoms with Gasteiger partial charge in [-0.15, -0.1) is 0 Å². The number of benzene rings is 6. The summed E-state index contributed by atoms with van der Waals surface area (Å²) < 4.78 is 0. The molecule has 7 aromatic rings. The fourth-order valence-corrected chi connectivity index (χ4v) is 7.46. The molecule has 0 aliphatic heterocycles. The summed E-state index contributed by atoms with van der Waals surface area (Å²) in [6.07, 6.45) is 0.854. The Hall–Kier alpha value is -5.41. The van der Waals surface area contributed by atoms with Crippen molar-refractivity contribution in [1.29, 1.82) is 0 Å². The van der Waals surface area contributed by atoms with E-state index in [1.807, 2.05) is 18.2 Å². The van der Waals surface area contributed by atoms with Gasteiger partial charge in [-0.2, -0.15) is 0 Å². The van der Waals surface area contributed by atoms with Crippen molar-refractivity contribution in [1.82, 2.24) is 15.0 Å². The fourth-order valence-electron chi connectivity index (χ4n) is 7.46. The van der Waals surface area contributed by atoms with E-state index in [0.717, 1.165) is 28.5 Å². The summed E-state index contributed by atoms with van der Waals surface area (Å²) in [5.74, 6) is 2.09. The van der Waals surface area contributed by atoms with Crippen molar-refractivity contribution in [3.05, 3.63) is 150 Å². The van der Waals surface area contributed by atoms with Crippen LogP contribution >= 0.6 is 0 Å². The topological polar surface area (TPSA) is 38.7 Å². The van der Waals surface area contributed by atoms with Crippen molar-refractivity contribution in [2.24, 2.45) is 0 Å².